The highest BCUT2D eigenvalue weighted by molar-refractivity contribution is 5.02. The van der Waals surface area contributed by atoms with Gasteiger partial charge in [0.2, 0.25) is 0 Å². The Morgan fingerprint density at radius 1 is 1.47 bits per heavy atom. The molecule has 15 heavy (non-hydrogen) atoms. The lowest BCUT2D eigenvalue weighted by molar-refractivity contribution is 0.129. The van der Waals surface area contributed by atoms with Crippen LogP contribution in [0.5, 0.6) is 0 Å². The molecule has 3 N–H and O–H groups in total. The molecule has 1 aromatic rings. The van der Waals surface area contributed by atoms with Crippen LogP contribution in [0.4, 0.5) is 0 Å². The molecule has 0 saturated heterocycles. The van der Waals surface area contributed by atoms with Crippen LogP contribution in [0.15, 0.2) is 22.8 Å². The molecule has 1 heterocycles. The van der Waals surface area contributed by atoms with Gasteiger partial charge >= 0.3 is 0 Å². The van der Waals surface area contributed by atoms with Gasteiger partial charge in [-0.2, -0.15) is 0 Å². The van der Waals surface area contributed by atoms with E-state index in [1.807, 2.05) is 13.8 Å². The highest BCUT2D eigenvalue weighted by atomic mass is 16.4. The van der Waals surface area contributed by atoms with Crippen LogP contribution < -0.4 is 5.32 Å². The highest BCUT2D eigenvalue weighted by Crippen LogP contribution is 2.12. The maximum absolute atomic E-state index is 9.70. The highest BCUT2D eigenvalue weighted by Gasteiger charge is 2.15. The Morgan fingerprint density at radius 3 is 2.67 bits per heavy atom. The quantitative estimate of drug-likeness (QED) is 0.657. The van der Waals surface area contributed by atoms with E-state index in [-0.39, 0.29) is 12.6 Å². The predicted octanol–water partition coefficient (Wildman–Crippen LogP) is 0.919. The van der Waals surface area contributed by atoms with Crippen molar-refractivity contribution >= 4 is 0 Å². The lowest BCUT2D eigenvalue weighted by Gasteiger charge is -2.21. The first-order chi connectivity index (χ1) is 7.15. The van der Waals surface area contributed by atoms with Crippen LogP contribution in [0.1, 0.15) is 25.7 Å². The van der Waals surface area contributed by atoms with E-state index in [0.29, 0.717) is 18.2 Å². The number of aliphatic hydroxyl groups excluding tert-OH is 2. The summed E-state index contributed by atoms with van der Waals surface area (Å²) in [4.78, 5) is 0. The van der Waals surface area contributed by atoms with E-state index in [0.717, 1.165) is 0 Å². The van der Waals surface area contributed by atoms with Crippen LogP contribution in [-0.2, 0) is 0 Å². The summed E-state index contributed by atoms with van der Waals surface area (Å²) in [5.41, 5.74) is 0. The van der Waals surface area contributed by atoms with E-state index in [2.05, 4.69) is 5.32 Å². The molecule has 0 bridgehead atoms. The van der Waals surface area contributed by atoms with Crippen LogP contribution in [0.2, 0.25) is 0 Å². The van der Waals surface area contributed by atoms with Crippen LogP contribution in [-0.4, -0.2) is 29.4 Å². The Morgan fingerprint density at radius 2 is 2.20 bits per heavy atom. The van der Waals surface area contributed by atoms with Gasteiger partial charge in [0.25, 0.3) is 0 Å². The van der Waals surface area contributed by atoms with Gasteiger partial charge in [-0.3, -0.25) is 0 Å². The molecule has 0 amide bonds. The summed E-state index contributed by atoms with van der Waals surface area (Å²) in [6, 6.07) is 3.48. The molecule has 0 aromatic carbocycles. The average molecular weight is 213 g/mol. The van der Waals surface area contributed by atoms with Crippen molar-refractivity contribution in [3.8, 4) is 0 Å². The standard InChI is InChI=1S/C11H19NO3/c1-8(2)9(7-13)12-6-10(14)11-4-3-5-15-11/h3-5,8-10,12-14H,6-7H2,1-2H3. The van der Waals surface area contributed by atoms with Gasteiger partial charge in [-0.25, -0.2) is 0 Å². The summed E-state index contributed by atoms with van der Waals surface area (Å²) in [6.07, 6.45) is 0.873. The Labute approximate surface area is 89.9 Å². The van der Waals surface area contributed by atoms with Gasteiger partial charge < -0.3 is 19.9 Å². The summed E-state index contributed by atoms with van der Waals surface area (Å²) >= 11 is 0. The Hall–Kier alpha value is -0.840. The van der Waals surface area contributed by atoms with Crippen molar-refractivity contribution in [1.29, 1.82) is 0 Å². The molecule has 0 spiro atoms. The van der Waals surface area contributed by atoms with Crippen LogP contribution in [0, 0.1) is 5.92 Å². The van der Waals surface area contributed by atoms with E-state index in [1.165, 1.54) is 6.26 Å². The Kier molecular flexibility index (Phi) is 4.81. The van der Waals surface area contributed by atoms with Gasteiger partial charge in [0.1, 0.15) is 11.9 Å². The predicted molar refractivity (Wildman–Crippen MR) is 57.4 cm³/mol. The lowest BCUT2D eigenvalue weighted by atomic mass is 10.1. The molecule has 1 rings (SSSR count). The largest absolute Gasteiger partial charge is 0.467 e. The van der Waals surface area contributed by atoms with Gasteiger partial charge in [-0.1, -0.05) is 13.8 Å². The summed E-state index contributed by atoms with van der Waals surface area (Å²) in [5, 5.41) is 21.9. The van der Waals surface area contributed by atoms with Gasteiger partial charge in [-0.15, -0.1) is 0 Å². The molecule has 0 aliphatic rings. The van der Waals surface area contributed by atoms with E-state index in [4.69, 9.17) is 9.52 Å². The molecule has 4 nitrogen and oxygen atoms in total. The fourth-order valence-corrected chi connectivity index (χ4v) is 1.36. The molecule has 2 atom stereocenters. The van der Waals surface area contributed by atoms with Gasteiger partial charge in [-0.05, 0) is 18.1 Å². The van der Waals surface area contributed by atoms with Crippen LogP contribution >= 0.6 is 0 Å². The van der Waals surface area contributed by atoms with Crippen molar-refractivity contribution < 1.29 is 14.6 Å². The van der Waals surface area contributed by atoms with Gasteiger partial charge in [0, 0.05) is 12.6 Å². The maximum atomic E-state index is 9.70. The van der Waals surface area contributed by atoms with Crippen molar-refractivity contribution in [1.82, 2.24) is 5.32 Å². The molecule has 4 heteroatoms. The molecular formula is C11H19NO3. The first-order valence-electron chi connectivity index (χ1n) is 5.21. The van der Waals surface area contributed by atoms with Crippen LogP contribution in [0.25, 0.3) is 0 Å². The number of hydrogen-bond donors (Lipinski definition) is 3. The molecule has 0 saturated carbocycles. The number of hydrogen-bond acceptors (Lipinski definition) is 4. The average Bonchev–Trinajstić information content (AvgIpc) is 2.70. The smallest absolute Gasteiger partial charge is 0.133 e. The van der Waals surface area contributed by atoms with E-state index >= 15 is 0 Å². The summed E-state index contributed by atoms with van der Waals surface area (Å²) in [6.45, 7) is 4.50. The lowest BCUT2D eigenvalue weighted by Crippen LogP contribution is -2.39. The molecule has 1 aromatic heterocycles. The number of furan rings is 1. The zero-order chi connectivity index (χ0) is 11.3. The summed E-state index contributed by atoms with van der Waals surface area (Å²) < 4.78 is 5.07. The SMILES string of the molecule is CC(C)C(CO)NCC(O)c1ccco1. The zero-order valence-corrected chi connectivity index (χ0v) is 9.18. The minimum atomic E-state index is -0.659. The van der Waals surface area contributed by atoms with Gasteiger partial charge in [0.05, 0.1) is 12.9 Å². The van der Waals surface area contributed by atoms with Crippen molar-refractivity contribution in [3.05, 3.63) is 24.2 Å². The molecule has 86 valence electrons. The number of rotatable bonds is 6. The fraction of sp³-hybridized carbons (Fsp3) is 0.636. The second kappa shape index (κ2) is 5.90. The van der Waals surface area contributed by atoms with E-state index in [9.17, 15) is 5.11 Å². The Bertz CT molecular complexity index is 259. The Balaban J connectivity index is 2.36. The molecule has 0 radical (unpaired) electrons. The van der Waals surface area contributed by atoms with Crippen molar-refractivity contribution in [2.75, 3.05) is 13.2 Å². The van der Waals surface area contributed by atoms with Crippen molar-refractivity contribution in [2.45, 2.75) is 26.0 Å². The van der Waals surface area contributed by atoms with Gasteiger partial charge in [0.15, 0.2) is 0 Å². The molecular weight excluding hydrogens is 194 g/mol. The minimum absolute atomic E-state index is 0.00890. The number of aliphatic hydroxyl groups is 2. The zero-order valence-electron chi connectivity index (χ0n) is 9.18. The first kappa shape index (κ1) is 12.2. The monoisotopic (exact) mass is 213 g/mol. The van der Waals surface area contributed by atoms with Crippen molar-refractivity contribution in [3.63, 3.8) is 0 Å². The molecule has 0 aliphatic heterocycles. The van der Waals surface area contributed by atoms with Crippen molar-refractivity contribution in [2.24, 2.45) is 5.92 Å². The molecule has 2 unspecified atom stereocenters. The second-order valence-electron chi connectivity index (χ2n) is 3.97. The number of nitrogens with one attached hydrogen (secondary N) is 1. The first-order valence-corrected chi connectivity index (χ1v) is 5.21. The van der Waals surface area contributed by atoms with Crippen LogP contribution in [0.3, 0.4) is 0 Å². The normalized spacial score (nSPS) is 15.5. The topological polar surface area (TPSA) is 65.6 Å². The summed E-state index contributed by atoms with van der Waals surface area (Å²) in [7, 11) is 0. The minimum Gasteiger partial charge on any atom is -0.467 e. The molecule has 0 fully saturated rings. The third kappa shape index (κ3) is 3.66. The van der Waals surface area contributed by atoms with E-state index < -0.39 is 6.10 Å². The summed E-state index contributed by atoms with van der Waals surface area (Å²) in [5.74, 6) is 0.877. The third-order valence-corrected chi connectivity index (χ3v) is 2.45. The van der Waals surface area contributed by atoms with E-state index in [1.54, 1.807) is 12.1 Å². The second-order valence-corrected chi connectivity index (χ2v) is 3.97. The molecule has 0 aliphatic carbocycles. The maximum Gasteiger partial charge on any atom is 0.133 e. The fourth-order valence-electron chi connectivity index (χ4n) is 1.36. The third-order valence-electron chi connectivity index (χ3n) is 2.45.